The van der Waals surface area contributed by atoms with Crippen molar-refractivity contribution in [1.29, 1.82) is 0 Å². The van der Waals surface area contributed by atoms with Crippen LogP contribution in [0, 0.1) is 0 Å². The number of nitrogens with two attached hydrogens (primary N) is 1. The second kappa shape index (κ2) is 5.73. The first-order valence-corrected chi connectivity index (χ1v) is 8.74. The molecule has 4 aromatic rings. The highest BCUT2D eigenvalue weighted by atomic mass is 14.5. The molecule has 0 saturated heterocycles. The average molecular weight is 301 g/mol. The van der Waals surface area contributed by atoms with E-state index in [0.717, 1.165) is 5.69 Å². The number of hydrogen-bond donors (Lipinski definition) is 1. The molecule has 2 N–H and O–H groups in total. The lowest BCUT2D eigenvalue weighted by atomic mass is 9.89. The Hall–Kier alpha value is -2.28. The van der Waals surface area contributed by atoms with Crippen LogP contribution < -0.4 is 5.73 Å². The van der Waals surface area contributed by atoms with Gasteiger partial charge in [-0.15, -0.1) is 0 Å². The van der Waals surface area contributed by atoms with Crippen molar-refractivity contribution in [3.05, 3.63) is 54.1 Å². The summed E-state index contributed by atoms with van der Waals surface area (Å²) in [7, 11) is 0. The molecular weight excluding hydrogens is 278 g/mol. The van der Waals surface area contributed by atoms with Gasteiger partial charge in [-0.05, 0) is 51.4 Å². The van der Waals surface area contributed by atoms with Crippen LogP contribution >= 0.6 is 0 Å². The molecule has 0 atom stereocenters. The van der Waals surface area contributed by atoms with Crippen LogP contribution in [0.25, 0.3) is 32.3 Å². The van der Waals surface area contributed by atoms with E-state index in [1.807, 2.05) is 6.07 Å². The lowest BCUT2D eigenvalue weighted by Gasteiger charge is -2.15. The molecule has 0 bridgehead atoms. The number of aryl methyl sites for hydroxylation is 1. The third-order valence-corrected chi connectivity index (χ3v) is 5.06. The Kier molecular flexibility index (Phi) is 3.57. The summed E-state index contributed by atoms with van der Waals surface area (Å²) >= 11 is 0. The molecule has 1 nitrogen and oxygen atoms in total. The second-order valence-corrected chi connectivity index (χ2v) is 6.62. The molecule has 0 aliphatic carbocycles. The van der Waals surface area contributed by atoms with Gasteiger partial charge in [-0.3, -0.25) is 0 Å². The van der Waals surface area contributed by atoms with Gasteiger partial charge in [0.2, 0.25) is 0 Å². The third kappa shape index (κ3) is 2.31. The normalized spacial score (nSPS) is 11.9. The molecule has 0 fully saturated rings. The van der Waals surface area contributed by atoms with Crippen molar-refractivity contribution >= 4 is 38.0 Å². The second-order valence-electron chi connectivity index (χ2n) is 6.62. The van der Waals surface area contributed by atoms with Crippen molar-refractivity contribution in [2.24, 2.45) is 0 Å². The first kappa shape index (κ1) is 14.3. The van der Waals surface area contributed by atoms with Crippen LogP contribution in [0.15, 0.2) is 48.5 Å². The van der Waals surface area contributed by atoms with E-state index in [9.17, 15) is 0 Å². The summed E-state index contributed by atoms with van der Waals surface area (Å²) in [5, 5.41) is 7.95. The molecule has 0 aliphatic heterocycles. The summed E-state index contributed by atoms with van der Waals surface area (Å²) in [5.74, 6) is 0. The summed E-state index contributed by atoms with van der Waals surface area (Å²) in [6.45, 7) is 2.27. The monoisotopic (exact) mass is 301 g/mol. The summed E-state index contributed by atoms with van der Waals surface area (Å²) in [6, 6.07) is 17.7. The number of nitrogen functional groups attached to an aromatic ring is 1. The molecule has 116 valence electrons. The maximum Gasteiger partial charge on any atom is 0.0394 e. The van der Waals surface area contributed by atoms with Gasteiger partial charge >= 0.3 is 0 Å². The van der Waals surface area contributed by atoms with E-state index < -0.39 is 0 Å². The van der Waals surface area contributed by atoms with Crippen molar-refractivity contribution in [3.8, 4) is 0 Å². The van der Waals surface area contributed by atoms with Gasteiger partial charge in [0.1, 0.15) is 0 Å². The lowest BCUT2D eigenvalue weighted by molar-refractivity contribution is 0.668. The maximum absolute atomic E-state index is 6.22. The van der Waals surface area contributed by atoms with Gasteiger partial charge in [0, 0.05) is 11.1 Å². The van der Waals surface area contributed by atoms with Crippen molar-refractivity contribution in [2.45, 2.75) is 39.0 Å². The van der Waals surface area contributed by atoms with E-state index in [0.29, 0.717) is 0 Å². The van der Waals surface area contributed by atoms with Gasteiger partial charge in [0.25, 0.3) is 0 Å². The highest BCUT2D eigenvalue weighted by molar-refractivity contribution is 6.25. The van der Waals surface area contributed by atoms with Gasteiger partial charge in [-0.2, -0.15) is 0 Å². The molecule has 23 heavy (non-hydrogen) atoms. The molecule has 0 spiro atoms. The van der Waals surface area contributed by atoms with E-state index in [1.54, 1.807) is 0 Å². The molecular formula is C22H23N. The standard InChI is InChI=1S/C22H23N/c1-2-3-4-5-7-16-14-17-11-13-20(23)19-12-10-15-8-6-9-18(16)21(15)22(17)19/h6,8-14H,2-5,7,23H2,1H3. The summed E-state index contributed by atoms with van der Waals surface area (Å²) in [4.78, 5) is 0. The molecule has 0 aromatic heterocycles. The Bertz CT molecular complexity index is 968. The van der Waals surface area contributed by atoms with Crippen molar-refractivity contribution < 1.29 is 0 Å². The smallest absolute Gasteiger partial charge is 0.0394 e. The summed E-state index contributed by atoms with van der Waals surface area (Å²) in [6.07, 6.45) is 6.38. The van der Waals surface area contributed by atoms with E-state index in [2.05, 4.69) is 49.4 Å². The Labute approximate surface area is 137 Å². The fraction of sp³-hybridized carbons (Fsp3) is 0.273. The SMILES string of the molecule is CCCCCCc1cc2ccc(N)c3ccc4cccc1c4c23. The van der Waals surface area contributed by atoms with Gasteiger partial charge < -0.3 is 5.73 Å². The molecule has 1 heteroatoms. The lowest BCUT2D eigenvalue weighted by Crippen LogP contribution is -1.94. The zero-order valence-corrected chi connectivity index (χ0v) is 13.7. The van der Waals surface area contributed by atoms with Crippen LogP contribution in [0.4, 0.5) is 5.69 Å². The highest BCUT2D eigenvalue weighted by Crippen LogP contribution is 2.38. The minimum Gasteiger partial charge on any atom is -0.398 e. The molecule has 0 aliphatic rings. The van der Waals surface area contributed by atoms with Crippen molar-refractivity contribution in [3.63, 3.8) is 0 Å². The van der Waals surface area contributed by atoms with Crippen LogP contribution in [-0.2, 0) is 6.42 Å². The molecule has 0 unspecified atom stereocenters. The zero-order chi connectivity index (χ0) is 15.8. The number of hydrogen-bond acceptors (Lipinski definition) is 1. The van der Waals surface area contributed by atoms with Crippen LogP contribution in [-0.4, -0.2) is 0 Å². The quantitative estimate of drug-likeness (QED) is 0.262. The molecule has 0 heterocycles. The van der Waals surface area contributed by atoms with Crippen molar-refractivity contribution in [1.82, 2.24) is 0 Å². The zero-order valence-electron chi connectivity index (χ0n) is 13.7. The Morgan fingerprint density at radius 3 is 2.48 bits per heavy atom. The van der Waals surface area contributed by atoms with Crippen molar-refractivity contribution in [2.75, 3.05) is 5.73 Å². The molecule has 4 rings (SSSR count). The molecule has 0 saturated carbocycles. The van der Waals surface area contributed by atoms with Gasteiger partial charge in [-0.25, -0.2) is 0 Å². The topological polar surface area (TPSA) is 26.0 Å². The van der Waals surface area contributed by atoms with Gasteiger partial charge in [0.15, 0.2) is 0 Å². The van der Waals surface area contributed by atoms with Gasteiger partial charge in [0.05, 0.1) is 0 Å². The maximum atomic E-state index is 6.22. The summed E-state index contributed by atoms with van der Waals surface area (Å²) in [5.41, 5.74) is 8.58. The number of rotatable bonds is 5. The highest BCUT2D eigenvalue weighted by Gasteiger charge is 2.12. The largest absolute Gasteiger partial charge is 0.398 e. The van der Waals surface area contributed by atoms with Crippen LogP contribution in [0.2, 0.25) is 0 Å². The molecule has 0 radical (unpaired) electrons. The fourth-order valence-electron chi connectivity index (χ4n) is 3.87. The number of anilines is 1. The van der Waals surface area contributed by atoms with Crippen LogP contribution in [0.1, 0.15) is 38.2 Å². The van der Waals surface area contributed by atoms with Crippen LogP contribution in [0.3, 0.4) is 0 Å². The number of unbranched alkanes of at least 4 members (excludes halogenated alkanes) is 3. The molecule has 0 amide bonds. The number of benzene rings is 4. The van der Waals surface area contributed by atoms with Gasteiger partial charge in [-0.1, -0.05) is 68.7 Å². The first-order chi connectivity index (χ1) is 11.3. The average Bonchev–Trinajstić information content (AvgIpc) is 2.59. The molecule has 4 aromatic carbocycles. The fourth-order valence-corrected chi connectivity index (χ4v) is 3.87. The predicted molar refractivity (Wildman–Crippen MR) is 102 cm³/mol. The summed E-state index contributed by atoms with van der Waals surface area (Å²) < 4.78 is 0. The Morgan fingerprint density at radius 1 is 0.783 bits per heavy atom. The Balaban J connectivity index is 1.95. The van der Waals surface area contributed by atoms with Crippen LogP contribution in [0.5, 0.6) is 0 Å². The van der Waals surface area contributed by atoms with E-state index >= 15 is 0 Å². The Morgan fingerprint density at radius 2 is 1.61 bits per heavy atom. The predicted octanol–water partition coefficient (Wildman–Crippen LogP) is 6.29. The minimum absolute atomic E-state index is 0.875. The van der Waals surface area contributed by atoms with E-state index in [4.69, 9.17) is 5.73 Å². The minimum atomic E-state index is 0.875. The third-order valence-electron chi connectivity index (χ3n) is 5.06. The first-order valence-electron chi connectivity index (χ1n) is 8.74. The van der Waals surface area contributed by atoms with E-state index in [-0.39, 0.29) is 0 Å². The van der Waals surface area contributed by atoms with E-state index in [1.165, 1.54) is 70.0 Å².